The van der Waals surface area contributed by atoms with Crippen LogP contribution in [0, 0.1) is 0 Å². The third kappa shape index (κ3) is 3.26. The van der Waals surface area contributed by atoms with Gasteiger partial charge in [0.05, 0.1) is 13.2 Å². The van der Waals surface area contributed by atoms with Crippen LogP contribution in [0.5, 0.6) is 0 Å². The van der Waals surface area contributed by atoms with Crippen molar-refractivity contribution < 1.29 is 4.84 Å². The zero-order chi connectivity index (χ0) is 11.4. The molecule has 5 heteroatoms. The van der Waals surface area contributed by atoms with E-state index in [1.54, 1.807) is 18.4 Å². The molecule has 0 bridgehead atoms. The number of rotatable bonds is 5. The molecule has 2 atom stereocenters. The van der Waals surface area contributed by atoms with Gasteiger partial charge in [0.25, 0.3) is 0 Å². The number of thiophene rings is 1. The first-order valence-corrected chi connectivity index (χ1v) is 6.53. The van der Waals surface area contributed by atoms with E-state index in [2.05, 4.69) is 34.3 Å². The van der Waals surface area contributed by atoms with Crippen LogP contribution in [0.15, 0.2) is 15.9 Å². The van der Waals surface area contributed by atoms with Gasteiger partial charge in [0, 0.05) is 27.8 Å². The maximum Gasteiger partial charge on any atom is 0.0842 e. The summed E-state index contributed by atoms with van der Waals surface area (Å²) in [7, 11) is 3.58. The van der Waals surface area contributed by atoms with Crippen LogP contribution in [0.25, 0.3) is 0 Å². The molecule has 1 heterocycles. The zero-order valence-electron chi connectivity index (χ0n) is 9.24. The molecule has 1 aromatic rings. The first kappa shape index (κ1) is 13.1. The highest BCUT2D eigenvalue weighted by molar-refractivity contribution is 9.10. The molecule has 86 valence electrons. The summed E-state index contributed by atoms with van der Waals surface area (Å²) >= 11 is 5.15. The summed E-state index contributed by atoms with van der Waals surface area (Å²) in [4.78, 5) is 6.47. The van der Waals surface area contributed by atoms with Gasteiger partial charge in [0.2, 0.25) is 0 Å². The van der Waals surface area contributed by atoms with E-state index in [9.17, 15) is 0 Å². The molecule has 3 nitrogen and oxygen atoms in total. The van der Waals surface area contributed by atoms with Gasteiger partial charge in [-0.1, -0.05) is 6.92 Å². The van der Waals surface area contributed by atoms with Crippen molar-refractivity contribution in [2.24, 2.45) is 5.73 Å². The van der Waals surface area contributed by atoms with Crippen molar-refractivity contribution in [1.82, 2.24) is 5.06 Å². The number of nitrogens with two attached hydrogens (primary N) is 1. The Balaban J connectivity index is 2.90. The molecule has 1 rings (SSSR count). The maximum atomic E-state index is 6.10. The van der Waals surface area contributed by atoms with Gasteiger partial charge in [-0.05, 0) is 28.4 Å². The van der Waals surface area contributed by atoms with E-state index in [1.807, 2.05) is 12.1 Å². The first-order valence-electron chi connectivity index (χ1n) is 4.86. The molecular formula is C10H17BrN2OS. The Kier molecular flexibility index (Phi) is 5.22. The van der Waals surface area contributed by atoms with Crippen LogP contribution in [-0.4, -0.2) is 25.3 Å². The molecule has 15 heavy (non-hydrogen) atoms. The van der Waals surface area contributed by atoms with Crippen molar-refractivity contribution >= 4 is 27.3 Å². The van der Waals surface area contributed by atoms with E-state index in [4.69, 9.17) is 10.6 Å². The summed E-state index contributed by atoms with van der Waals surface area (Å²) in [6.45, 7) is 2.09. The van der Waals surface area contributed by atoms with Crippen molar-refractivity contribution in [3.8, 4) is 0 Å². The smallest absolute Gasteiger partial charge is 0.0842 e. The standard InChI is InChI=1S/C10H17BrN2OS/c1-4-8(12)10(13(2)14-3)9-5-7(11)6-15-9/h5-6,8,10H,4,12H2,1-3H3. The minimum atomic E-state index is 0.0838. The summed E-state index contributed by atoms with van der Waals surface area (Å²) in [6.07, 6.45) is 0.924. The molecule has 0 saturated heterocycles. The lowest BCUT2D eigenvalue weighted by atomic mass is 10.1. The molecular weight excluding hydrogens is 276 g/mol. The van der Waals surface area contributed by atoms with E-state index in [0.717, 1.165) is 10.9 Å². The lowest BCUT2D eigenvalue weighted by molar-refractivity contribution is -0.147. The minimum absolute atomic E-state index is 0.0838. The molecule has 0 spiro atoms. The highest BCUT2D eigenvalue weighted by atomic mass is 79.9. The second kappa shape index (κ2) is 5.96. The Morgan fingerprint density at radius 1 is 1.67 bits per heavy atom. The fraction of sp³-hybridized carbons (Fsp3) is 0.600. The SMILES string of the molecule is CCC(N)C(c1cc(Br)cs1)N(C)OC. The first-order chi connectivity index (χ1) is 7.10. The molecule has 0 fully saturated rings. The van der Waals surface area contributed by atoms with Gasteiger partial charge >= 0.3 is 0 Å². The molecule has 0 aliphatic carbocycles. The second-order valence-corrected chi connectivity index (χ2v) is 5.27. The van der Waals surface area contributed by atoms with E-state index < -0.39 is 0 Å². The van der Waals surface area contributed by atoms with Gasteiger partial charge in [-0.2, -0.15) is 5.06 Å². The Hall–Kier alpha value is 0.0600. The third-order valence-electron chi connectivity index (χ3n) is 2.44. The summed E-state index contributed by atoms with van der Waals surface area (Å²) in [5, 5.41) is 3.88. The average molecular weight is 293 g/mol. The van der Waals surface area contributed by atoms with Gasteiger partial charge in [-0.3, -0.25) is 0 Å². The summed E-state index contributed by atoms with van der Waals surface area (Å²) in [5.41, 5.74) is 6.10. The largest absolute Gasteiger partial charge is 0.326 e. The Morgan fingerprint density at radius 3 is 2.73 bits per heavy atom. The van der Waals surface area contributed by atoms with Crippen molar-refractivity contribution in [3.63, 3.8) is 0 Å². The molecule has 2 N–H and O–H groups in total. The number of hydrogen-bond donors (Lipinski definition) is 1. The summed E-state index contributed by atoms with van der Waals surface area (Å²) in [6, 6.07) is 2.30. The average Bonchev–Trinajstić information content (AvgIpc) is 2.64. The highest BCUT2D eigenvalue weighted by Gasteiger charge is 2.24. The number of hydroxylamine groups is 2. The summed E-state index contributed by atoms with van der Waals surface area (Å²) < 4.78 is 1.10. The lowest BCUT2D eigenvalue weighted by Gasteiger charge is -2.29. The molecule has 1 aromatic heterocycles. The molecule has 2 unspecified atom stereocenters. The monoisotopic (exact) mass is 292 g/mol. The minimum Gasteiger partial charge on any atom is -0.326 e. The lowest BCUT2D eigenvalue weighted by Crippen LogP contribution is -2.37. The third-order valence-corrected chi connectivity index (χ3v) is 4.20. The van der Waals surface area contributed by atoms with Gasteiger partial charge in [0.1, 0.15) is 0 Å². The van der Waals surface area contributed by atoms with Crippen molar-refractivity contribution in [1.29, 1.82) is 0 Å². The normalized spacial score (nSPS) is 15.6. The molecule has 0 saturated carbocycles. The topological polar surface area (TPSA) is 38.5 Å². The van der Waals surface area contributed by atoms with Crippen molar-refractivity contribution in [2.45, 2.75) is 25.4 Å². The molecule has 0 radical (unpaired) electrons. The zero-order valence-corrected chi connectivity index (χ0v) is 11.6. The van der Waals surface area contributed by atoms with Crippen LogP contribution >= 0.6 is 27.3 Å². The van der Waals surface area contributed by atoms with E-state index in [0.29, 0.717) is 0 Å². The van der Waals surface area contributed by atoms with Crippen LogP contribution in [0.3, 0.4) is 0 Å². The van der Waals surface area contributed by atoms with Crippen LogP contribution in [-0.2, 0) is 4.84 Å². The quantitative estimate of drug-likeness (QED) is 0.848. The fourth-order valence-electron chi connectivity index (χ4n) is 1.48. The maximum absolute atomic E-state index is 6.10. The van der Waals surface area contributed by atoms with Gasteiger partial charge < -0.3 is 10.6 Å². The van der Waals surface area contributed by atoms with E-state index in [1.165, 1.54) is 4.88 Å². The Labute approximate surface area is 103 Å². The van der Waals surface area contributed by atoms with Gasteiger partial charge in [-0.25, -0.2) is 0 Å². The van der Waals surface area contributed by atoms with Gasteiger partial charge in [-0.15, -0.1) is 11.3 Å². The molecule has 0 aromatic carbocycles. The van der Waals surface area contributed by atoms with Crippen molar-refractivity contribution in [3.05, 3.63) is 20.8 Å². The van der Waals surface area contributed by atoms with Crippen LogP contribution in [0.1, 0.15) is 24.3 Å². The van der Waals surface area contributed by atoms with Crippen molar-refractivity contribution in [2.75, 3.05) is 14.2 Å². The predicted molar refractivity (Wildman–Crippen MR) is 67.8 cm³/mol. The highest BCUT2D eigenvalue weighted by Crippen LogP contribution is 2.31. The fourth-order valence-corrected chi connectivity index (χ4v) is 3.13. The number of hydrogen-bond acceptors (Lipinski definition) is 4. The van der Waals surface area contributed by atoms with Gasteiger partial charge in [0.15, 0.2) is 0 Å². The summed E-state index contributed by atoms with van der Waals surface area (Å²) in [5.74, 6) is 0. The Morgan fingerprint density at radius 2 is 2.33 bits per heavy atom. The second-order valence-electron chi connectivity index (χ2n) is 3.41. The predicted octanol–water partition coefficient (Wildman–Crippen LogP) is 2.78. The van der Waals surface area contributed by atoms with Crippen LogP contribution in [0.2, 0.25) is 0 Å². The number of halogens is 1. The molecule has 0 aliphatic heterocycles. The molecule has 0 aliphatic rings. The Bertz CT molecular complexity index is 295. The van der Waals surface area contributed by atoms with E-state index >= 15 is 0 Å². The van der Waals surface area contributed by atoms with E-state index in [-0.39, 0.29) is 12.1 Å². The van der Waals surface area contributed by atoms with Crippen LogP contribution in [0.4, 0.5) is 0 Å². The van der Waals surface area contributed by atoms with Crippen LogP contribution < -0.4 is 5.73 Å². The molecule has 0 amide bonds. The number of likely N-dealkylation sites (N-methyl/N-ethyl adjacent to an activating group) is 1. The number of nitrogens with zero attached hydrogens (tertiary/aromatic N) is 1.